The van der Waals surface area contributed by atoms with Gasteiger partial charge in [0.1, 0.15) is 5.75 Å². The molecule has 0 aromatic heterocycles. The fourth-order valence-electron chi connectivity index (χ4n) is 3.32. The van der Waals surface area contributed by atoms with Crippen molar-refractivity contribution in [1.29, 1.82) is 0 Å². The average molecular weight is 414 g/mol. The maximum Gasteiger partial charge on any atom is 0.412 e. The number of hydrogen-bond acceptors (Lipinski definition) is 2. The van der Waals surface area contributed by atoms with Crippen LogP contribution in [0.5, 0.6) is 11.5 Å². The predicted octanol–water partition coefficient (Wildman–Crippen LogP) is 7.00. The van der Waals surface area contributed by atoms with Gasteiger partial charge in [0.15, 0.2) is 17.4 Å². The molecule has 0 radical (unpaired) electrons. The van der Waals surface area contributed by atoms with Gasteiger partial charge in [-0.15, -0.1) is 0 Å². The van der Waals surface area contributed by atoms with E-state index in [-0.39, 0.29) is 25.2 Å². The largest absolute Gasteiger partial charge is 0.459 e. The molecule has 0 atom stereocenters. The van der Waals surface area contributed by atoms with Crippen molar-refractivity contribution in [3.8, 4) is 11.5 Å². The Bertz CT molecular complexity index is 654. The highest BCUT2D eigenvalue weighted by Crippen LogP contribution is 2.41. The van der Waals surface area contributed by atoms with E-state index >= 15 is 0 Å². The second kappa shape index (κ2) is 9.05. The van der Waals surface area contributed by atoms with Crippen LogP contribution in [0.2, 0.25) is 0 Å². The third-order valence-corrected chi connectivity index (χ3v) is 4.69. The first-order valence-corrected chi connectivity index (χ1v) is 8.98. The van der Waals surface area contributed by atoms with Crippen molar-refractivity contribution in [3.05, 3.63) is 36.1 Å². The zero-order valence-electron chi connectivity index (χ0n) is 15.2. The van der Waals surface area contributed by atoms with E-state index in [9.17, 15) is 30.7 Å². The summed E-state index contributed by atoms with van der Waals surface area (Å²) in [6.45, 7) is 2.03. The lowest BCUT2D eigenvalue weighted by Gasteiger charge is -2.33. The number of allylic oxidation sites excluding steroid dienone is 1. The van der Waals surface area contributed by atoms with Crippen molar-refractivity contribution in [2.45, 2.75) is 57.7 Å². The van der Waals surface area contributed by atoms with Gasteiger partial charge in [-0.1, -0.05) is 19.8 Å². The highest BCUT2D eigenvalue weighted by molar-refractivity contribution is 5.35. The molecule has 0 N–H and O–H groups in total. The van der Waals surface area contributed by atoms with Gasteiger partial charge in [-0.05, 0) is 31.6 Å². The quantitative estimate of drug-likeness (QED) is 0.353. The van der Waals surface area contributed by atoms with Gasteiger partial charge in [-0.25, -0.2) is 8.78 Å². The summed E-state index contributed by atoms with van der Waals surface area (Å²) >= 11 is 0. The molecule has 9 heteroatoms. The smallest absolute Gasteiger partial charge is 0.412 e. The average Bonchev–Trinajstić information content (AvgIpc) is 2.57. The van der Waals surface area contributed by atoms with Gasteiger partial charge < -0.3 is 9.47 Å². The van der Waals surface area contributed by atoms with E-state index < -0.39 is 41.3 Å². The van der Waals surface area contributed by atoms with Crippen LogP contribution in [0.25, 0.3) is 0 Å². The molecule has 0 saturated heterocycles. The number of alkyl halides is 5. The first kappa shape index (κ1) is 22.4. The molecule has 2 rings (SSSR count). The molecular weight excluding hydrogens is 393 g/mol. The molecule has 1 aromatic carbocycles. The van der Waals surface area contributed by atoms with Crippen molar-refractivity contribution >= 4 is 0 Å². The third kappa shape index (κ3) is 6.31. The molecule has 158 valence electrons. The minimum Gasteiger partial charge on any atom is -0.459 e. The van der Waals surface area contributed by atoms with Crippen LogP contribution >= 0.6 is 0 Å². The fourth-order valence-corrected chi connectivity index (χ4v) is 3.32. The Balaban J connectivity index is 2.04. The van der Waals surface area contributed by atoms with Crippen LogP contribution in [0.15, 0.2) is 24.5 Å². The van der Waals surface area contributed by atoms with Crippen LogP contribution in [0.1, 0.15) is 45.4 Å². The summed E-state index contributed by atoms with van der Waals surface area (Å²) in [4.78, 5) is 0. The second-order valence-electron chi connectivity index (χ2n) is 6.85. The van der Waals surface area contributed by atoms with E-state index in [0.29, 0.717) is 30.9 Å². The van der Waals surface area contributed by atoms with Crippen LogP contribution in [0, 0.1) is 23.5 Å². The fraction of sp³-hybridized carbons (Fsp3) is 0.579. The number of rotatable bonds is 7. The van der Waals surface area contributed by atoms with Crippen LogP contribution in [-0.4, -0.2) is 12.3 Å². The Morgan fingerprint density at radius 1 is 1.00 bits per heavy atom. The molecule has 1 aliphatic rings. The van der Waals surface area contributed by atoms with Gasteiger partial charge in [-0.2, -0.15) is 22.0 Å². The number of benzene rings is 1. The van der Waals surface area contributed by atoms with Gasteiger partial charge >= 0.3 is 12.3 Å². The molecule has 0 bridgehead atoms. The van der Waals surface area contributed by atoms with E-state index in [4.69, 9.17) is 0 Å². The number of halogens is 7. The molecule has 0 amide bonds. The molecule has 0 heterocycles. The number of hydrogen-bond donors (Lipinski definition) is 0. The SMILES string of the molecule is CCCC1CCC(C(F)(F)Oc2cc(F)c(OC=CC(F)(F)F)c(F)c2)CC1. The van der Waals surface area contributed by atoms with Crippen LogP contribution < -0.4 is 9.47 Å². The minimum absolute atomic E-state index is 0.0609. The van der Waals surface area contributed by atoms with Crippen molar-refractivity contribution < 1.29 is 40.2 Å². The Labute approximate surface area is 158 Å². The van der Waals surface area contributed by atoms with Crippen LogP contribution in [0.3, 0.4) is 0 Å². The Morgan fingerprint density at radius 3 is 2.07 bits per heavy atom. The molecule has 0 unspecified atom stereocenters. The highest BCUT2D eigenvalue weighted by Gasteiger charge is 2.44. The van der Waals surface area contributed by atoms with Gasteiger partial charge in [0.05, 0.1) is 18.3 Å². The lowest BCUT2D eigenvalue weighted by molar-refractivity contribution is -0.223. The molecular formula is C19H21F7O2. The Kier molecular flexibility index (Phi) is 7.22. The molecule has 2 nitrogen and oxygen atoms in total. The molecule has 1 aliphatic carbocycles. The van der Waals surface area contributed by atoms with Crippen molar-refractivity contribution in [1.82, 2.24) is 0 Å². The van der Waals surface area contributed by atoms with Crippen molar-refractivity contribution in [3.63, 3.8) is 0 Å². The first-order chi connectivity index (χ1) is 13.0. The highest BCUT2D eigenvalue weighted by atomic mass is 19.4. The van der Waals surface area contributed by atoms with Gasteiger partial charge in [0.2, 0.25) is 0 Å². The minimum atomic E-state index is -4.73. The lowest BCUT2D eigenvalue weighted by atomic mass is 9.79. The summed E-state index contributed by atoms with van der Waals surface area (Å²) < 4.78 is 101. The van der Waals surface area contributed by atoms with Gasteiger partial charge in [0.25, 0.3) is 0 Å². The van der Waals surface area contributed by atoms with E-state index in [1.807, 2.05) is 6.92 Å². The Hall–Kier alpha value is -1.93. The number of ether oxygens (including phenoxy) is 2. The summed E-state index contributed by atoms with van der Waals surface area (Å²) in [5.74, 6) is -5.49. The Morgan fingerprint density at radius 2 is 1.57 bits per heavy atom. The summed E-state index contributed by atoms with van der Waals surface area (Å²) in [7, 11) is 0. The molecule has 1 saturated carbocycles. The zero-order valence-corrected chi connectivity index (χ0v) is 15.2. The summed E-state index contributed by atoms with van der Waals surface area (Å²) in [5, 5.41) is 0. The van der Waals surface area contributed by atoms with Crippen molar-refractivity contribution in [2.75, 3.05) is 0 Å². The van der Waals surface area contributed by atoms with Crippen LogP contribution in [-0.2, 0) is 0 Å². The topological polar surface area (TPSA) is 18.5 Å². The van der Waals surface area contributed by atoms with Gasteiger partial charge in [-0.3, -0.25) is 0 Å². The monoisotopic (exact) mass is 414 g/mol. The van der Waals surface area contributed by atoms with Crippen molar-refractivity contribution in [2.24, 2.45) is 11.8 Å². The third-order valence-electron chi connectivity index (χ3n) is 4.69. The predicted molar refractivity (Wildman–Crippen MR) is 88.1 cm³/mol. The molecule has 0 spiro atoms. The summed E-state index contributed by atoms with van der Waals surface area (Å²) in [6.07, 6.45) is -4.93. The molecule has 1 aromatic rings. The van der Waals surface area contributed by atoms with Crippen LogP contribution in [0.4, 0.5) is 30.7 Å². The second-order valence-corrected chi connectivity index (χ2v) is 6.85. The first-order valence-electron chi connectivity index (χ1n) is 8.98. The van der Waals surface area contributed by atoms with E-state index in [1.165, 1.54) is 0 Å². The maximum absolute atomic E-state index is 14.4. The van der Waals surface area contributed by atoms with E-state index in [0.717, 1.165) is 12.8 Å². The zero-order chi connectivity index (χ0) is 20.9. The normalized spacial score (nSPS) is 21.1. The van der Waals surface area contributed by atoms with E-state index in [2.05, 4.69) is 9.47 Å². The maximum atomic E-state index is 14.4. The molecule has 0 aliphatic heterocycles. The summed E-state index contributed by atoms with van der Waals surface area (Å²) in [6, 6.07) is 0.910. The lowest BCUT2D eigenvalue weighted by Crippen LogP contribution is -2.37. The van der Waals surface area contributed by atoms with Gasteiger partial charge in [0, 0.05) is 12.1 Å². The van der Waals surface area contributed by atoms with E-state index in [1.54, 1.807) is 0 Å². The molecule has 1 fully saturated rings. The summed E-state index contributed by atoms with van der Waals surface area (Å²) in [5.41, 5.74) is 0. The standard InChI is InChI=1S/C19H21F7O2/c1-2-3-12-4-6-13(7-5-12)19(25,26)28-14-10-15(20)17(16(21)11-14)27-9-8-18(22,23)24/h8-13H,2-7H2,1H3. The molecule has 28 heavy (non-hydrogen) atoms.